The van der Waals surface area contributed by atoms with Gasteiger partial charge in [0.05, 0.1) is 5.69 Å². The molecular formula is C10H15N3O. The Morgan fingerprint density at radius 3 is 2.71 bits per heavy atom. The molecule has 1 aliphatic rings. The zero-order valence-electron chi connectivity index (χ0n) is 8.36. The van der Waals surface area contributed by atoms with E-state index in [0.29, 0.717) is 11.6 Å². The molecule has 1 amide bonds. The lowest BCUT2D eigenvalue weighted by molar-refractivity contribution is 0.0991. The highest BCUT2D eigenvalue weighted by Crippen LogP contribution is 2.33. The van der Waals surface area contributed by atoms with Crippen LogP contribution in [-0.4, -0.2) is 15.7 Å². The lowest BCUT2D eigenvalue weighted by Gasteiger charge is -2.02. The molecule has 1 aromatic heterocycles. The maximum absolute atomic E-state index is 11.0. The SMILES string of the molecule is Cn1nc(C2CCCC2)cc1C(N)=O. The van der Waals surface area contributed by atoms with E-state index in [1.54, 1.807) is 11.7 Å². The Labute approximate surface area is 83.1 Å². The van der Waals surface area contributed by atoms with Crippen molar-refractivity contribution in [2.75, 3.05) is 0 Å². The van der Waals surface area contributed by atoms with Crippen molar-refractivity contribution in [3.63, 3.8) is 0 Å². The summed E-state index contributed by atoms with van der Waals surface area (Å²) in [7, 11) is 1.76. The number of aryl methyl sites for hydroxylation is 1. The first kappa shape index (κ1) is 9.24. The highest BCUT2D eigenvalue weighted by molar-refractivity contribution is 5.91. The standard InChI is InChI=1S/C10H15N3O/c1-13-9(10(11)14)6-8(12-13)7-4-2-3-5-7/h6-7H,2-5H2,1H3,(H2,11,14). The van der Waals surface area contributed by atoms with Crippen molar-refractivity contribution < 1.29 is 4.79 Å². The number of carbonyl (C=O) groups excluding carboxylic acids is 1. The zero-order chi connectivity index (χ0) is 10.1. The topological polar surface area (TPSA) is 60.9 Å². The molecule has 1 heterocycles. The van der Waals surface area contributed by atoms with Crippen molar-refractivity contribution in [3.05, 3.63) is 17.5 Å². The summed E-state index contributed by atoms with van der Waals surface area (Å²) in [4.78, 5) is 11.0. The summed E-state index contributed by atoms with van der Waals surface area (Å²) in [5.41, 5.74) is 6.76. The first-order chi connectivity index (χ1) is 6.68. The minimum absolute atomic E-state index is 0.399. The number of amides is 1. The molecular weight excluding hydrogens is 178 g/mol. The van der Waals surface area contributed by atoms with E-state index in [9.17, 15) is 4.79 Å². The number of hydrogen-bond donors (Lipinski definition) is 1. The third kappa shape index (κ3) is 1.52. The van der Waals surface area contributed by atoms with Crippen molar-refractivity contribution in [3.8, 4) is 0 Å². The van der Waals surface area contributed by atoms with E-state index in [4.69, 9.17) is 5.73 Å². The fraction of sp³-hybridized carbons (Fsp3) is 0.600. The number of nitrogens with zero attached hydrogens (tertiary/aromatic N) is 2. The molecule has 1 fully saturated rings. The van der Waals surface area contributed by atoms with Crippen LogP contribution < -0.4 is 5.73 Å². The van der Waals surface area contributed by atoms with Crippen LogP contribution in [0, 0.1) is 0 Å². The third-order valence-electron chi connectivity index (χ3n) is 2.92. The summed E-state index contributed by atoms with van der Waals surface area (Å²) < 4.78 is 1.58. The second-order valence-corrected chi connectivity index (χ2v) is 3.92. The van der Waals surface area contributed by atoms with Gasteiger partial charge < -0.3 is 5.73 Å². The summed E-state index contributed by atoms with van der Waals surface area (Å²) >= 11 is 0. The van der Waals surface area contributed by atoms with Crippen molar-refractivity contribution in [1.29, 1.82) is 0 Å². The van der Waals surface area contributed by atoms with Gasteiger partial charge in [0, 0.05) is 13.0 Å². The van der Waals surface area contributed by atoms with Crippen LogP contribution in [0.4, 0.5) is 0 Å². The van der Waals surface area contributed by atoms with E-state index < -0.39 is 5.91 Å². The molecule has 0 aromatic carbocycles. The third-order valence-corrected chi connectivity index (χ3v) is 2.92. The molecule has 0 aliphatic heterocycles. The van der Waals surface area contributed by atoms with E-state index in [1.165, 1.54) is 25.7 Å². The first-order valence-electron chi connectivity index (χ1n) is 5.02. The van der Waals surface area contributed by atoms with E-state index >= 15 is 0 Å². The quantitative estimate of drug-likeness (QED) is 0.766. The average molecular weight is 193 g/mol. The van der Waals surface area contributed by atoms with Gasteiger partial charge in [0.25, 0.3) is 5.91 Å². The van der Waals surface area contributed by atoms with Crippen LogP contribution in [0.1, 0.15) is 47.8 Å². The molecule has 14 heavy (non-hydrogen) atoms. The van der Waals surface area contributed by atoms with Gasteiger partial charge >= 0.3 is 0 Å². The Kier molecular flexibility index (Phi) is 2.27. The molecule has 0 spiro atoms. The summed E-state index contributed by atoms with van der Waals surface area (Å²) in [5, 5.41) is 4.33. The zero-order valence-corrected chi connectivity index (χ0v) is 8.36. The second kappa shape index (κ2) is 3.44. The smallest absolute Gasteiger partial charge is 0.266 e. The van der Waals surface area contributed by atoms with Crippen LogP contribution in [0.5, 0.6) is 0 Å². The molecule has 4 heteroatoms. The summed E-state index contributed by atoms with van der Waals surface area (Å²) in [6, 6.07) is 1.83. The fourth-order valence-electron chi connectivity index (χ4n) is 2.14. The van der Waals surface area contributed by atoms with Gasteiger partial charge in [-0.25, -0.2) is 0 Å². The predicted molar refractivity (Wildman–Crippen MR) is 52.9 cm³/mol. The summed E-state index contributed by atoms with van der Waals surface area (Å²) in [6.07, 6.45) is 4.92. The lowest BCUT2D eigenvalue weighted by Crippen LogP contribution is -2.15. The molecule has 76 valence electrons. The molecule has 0 saturated heterocycles. The van der Waals surface area contributed by atoms with Gasteiger partial charge in [0.15, 0.2) is 0 Å². The Morgan fingerprint density at radius 2 is 2.21 bits per heavy atom. The van der Waals surface area contributed by atoms with Gasteiger partial charge in [0.1, 0.15) is 5.69 Å². The van der Waals surface area contributed by atoms with E-state index in [0.717, 1.165) is 5.69 Å². The van der Waals surface area contributed by atoms with Gasteiger partial charge in [0.2, 0.25) is 0 Å². The number of primary amides is 1. The molecule has 2 N–H and O–H groups in total. The van der Waals surface area contributed by atoms with Gasteiger partial charge in [-0.1, -0.05) is 12.8 Å². The molecule has 1 aliphatic carbocycles. The van der Waals surface area contributed by atoms with E-state index in [1.807, 2.05) is 6.07 Å². The monoisotopic (exact) mass is 193 g/mol. The molecule has 1 saturated carbocycles. The number of carbonyl (C=O) groups is 1. The van der Waals surface area contributed by atoms with Crippen LogP contribution in [0.3, 0.4) is 0 Å². The average Bonchev–Trinajstić information content (AvgIpc) is 2.70. The summed E-state index contributed by atoms with van der Waals surface area (Å²) in [6.45, 7) is 0. The largest absolute Gasteiger partial charge is 0.364 e. The fourth-order valence-corrected chi connectivity index (χ4v) is 2.14. The molecule has 0 radical (unpaired) electrons. The lowest BCUT2D eigenvalue weighted by atomic mass is 10.0. The summed E-state index contributed by atoms with van der Waals surface area (Å²) in [5.74, 6) is 0.138. The molecule has 4 nitrogen and oxygen atoms in total. The Bertz CT molecular complexity index is 350. The number of hydrogen-bond acceptors (Lipinski definition) is 2. The highest BCUT2D eigenvalue weighted by atomic mass is 16.1. The van der Waals surface area contributed by atoms with Gasteiger partial charge in [-0.3, -0.25) is 9.48 Å². The van der Waals surface area contributed by atoms with Crippen LogP contribution >= 0.6 is 0 Å². The first-order valence-corrected chi connectivity index (χ1v) is 5.02. The van der Waals surface area contributed by atoms with Crippen molar-refractivity contribution >= 4 is 5.91 Å². The molecule has 1 aromatic rings. The van der Waals surface area contributed by atoms with Crippen LogP contribution in [0.15, 0.2) is 6.07 Å². The normalized spacial score (nSPS) is 17.5. The number of nitrogens with two attached hydrogens (primary N) is 1. The molecule has 0 bridgehead atoms. The van der Waals surface area contributed by atoms with E-state index in [-0.39, 0.29) is 0 Å². The van der Waals surface area contributed by atoms with Crippen LogP contribution in [0.25, 0.3) is 0 Å². The molecule has 0 unspecified atom stereocenters. The number of aromatic nitrogens is 2. The van der Waals surface area contributed by atoms with Crippen molar-refractivity contribution in [1.82, 2.24) is 9.78 Å². The van der Waals surface area contributed by atoms with Crippen molar-refractivity contribution in [2.45, 2.75) is 31.6 Å². The van der Waals surface area contributed by atoms with Gasteiger partial charge in [-0.15, -0.1) is 0 Å². The Hall–Kier alpha value is -1.32. The van der Waals surface area contributed by atoms with Crippen LogP contribution in [-0.2, 0) is 7.05 Å². The Balaban J connectivity index is 2.27. The maximum Gasteiger partial charge on any atom is 0.266 e. The number of rotatable bonds is 2. The molecule has 0 atom stereocenters. The van der Waals surface area contributed by atoms with Gasteiger partial charge in [-0.05, 0) is 18.9 Å². The molecule has 2 rings (SSSR count). The van der Waals surface area contributed by atoms with Gasteiger partial charge in [-0.2, -0.15) is 5.10 Å². The maximum atomic E-state index is 11.0. The van der Waals surface area contributed by atoms with Crippen molar-refractivity contribution in [2.24, 2.45) is 12.8 Å². The minimum Gasteiger partial charge on any atom is -0.364 e. The minimum atomic E-state index is -0.399. The Morgan fingerprint density at radius 1 is 1.57 bits per heavy atom. The van der Waals surface area contributed by atoms with Crippen LogP contribution in [0.2, 0.25) is 0 Å². The predicted octanol–water partition coefficient (Wildman–Crippen LogP) is 1.18. The van der Waals surface area contributed by atoms with E-state index in [2.05, 4.69) is 5.10 Å². The second-order valence-electron chi connectivity index (χ2n) is 3.92. The highest BCUT2D eigenvalue weighted by Gasteiger charge is 2.21.